The SMILES string of the molecule is CC(C)(C)OC(=O)N1CCCC(Cc2ccc(C(F)(F)F)cc2)CC1. The molecule has 1 atom stereocenters. The van der Waals surface area contributed by atoms with E-state index >= 15 is 0 Å². The molecular formula is C19H26F3NO2. The Balaban J connectivity index is 1.90. The van der Waals surface area contributed by atoms with Crippen LogP contribution in [0.1, 0.15) is 51.2 Å². The first-order valence-electron chi connectivity index (χ1n) is 8.69. The van der Waals surface area contributed by atoms with Gasteiger partial charge in [0.1, 0.15) is 5.60 Å². The lowest BCUT2D eigenvalue weighted by Gasteiger charge is -2.26. The predicted molar refractivity (Wildman–Crippen MR) is 90.3 cm³/mol. The van der Waals surface area contributed by atoms with Gasteiger partial charge in [-0.3, -0.25) is 0 Å². The van der Waals surface area contributed by atoms with Crippen LogP contribution in [0.15, 0.2) is 24.3 Å². The largest absolute Gasteiger partial charge is 0.444 e. The molecule has 0 bridgehead atoms. The Morgan fingerprint density at radius 3 is 2.32 bits per heavy atom. The minimum Gasteiger partial charge on any atom is -0.444 e. The van der Waals surface area contributed by atoms with Gasteiger partial charge in [0, 0.05) is 13.1 Å². The van der Waals surface area contributed by atoms with Crippen LogP contribution in [0.2, 0.25) is 0 Å². The van der Waals surface area contributed by atoms with Gasteiger partial charge in [0.2, 0.25) is 0 Å². The second kappa shape index (κ2) is 7.67. The monoisotopic (exact) mass is 357 g/mol. The first kappa shape index (κ1) is 19.6. The van der Waals surface area contributed by atoms with Crippen LogP contribution in [0.3, 0.4) is 0 Å². The summed E-state index contributed by atoms with van der Waals surface area (Å²) in [6.45, 7) is 6.82. The molecule has 1 unspecified atom stereocenters. The molecule has 140 valence electrons. The Kier molecular flexibility index (Phi) is 6.01. The lowest BCUT2D eigenvalue weighted by molar-refractivity contribution is -0.137. The second-order valence-corrected chi connectivity index (χ2v) is 7.66. The van der Waals surface area contributed by atoms with E-state index in [9.17, 15) is 18.0 Å². The van der Waals surface area contributed by atoms with Crippen LogP contribution in [0.25, 0.3) is 0 Å². The minimum atomic E-state index is -4.30. The summed E-state index contributed by atoms with van der Waals surface area (Å²) < 4.78 is 43.3. The molecule has 1 aliphatic rings. The molecule has 2 rings (SSSR count). The van der Waals surface area contributed by atoms with Crippen molar-refractivity contribution in [3.8, 4) is 0 Å². The van der Waals surface area contributed by atoms with Gasteiger partial charge in [0.25, 0.3) is 0 Å². The maximum atomic E-state index is 12.6. The van der Waals surface area contributed by atoms with E-state index in [1.807, 2.05) is 20.8 Å². The van der Waals surface area contributed by atoms with Crippen LogP contribution in [-0.4, -0.2) is 29.7 Å². The fourth-order valence-corrected chi connectivity index (χ4v) is 3.04. The number of rotatable bonds is 2. The van der Waals surface area contributed by atoms with E-state index in [1.54, 1.807) is 17.0 Å². The molecule has 0 spiro atoms. The lowest BCUT2D eigenvalue weighted by Crippen LogP contribution is -2.37. The number of amides is 1. The fourth-order valence-electron chi connectivity index (χ4n) is 3.04. The second-order valence-electron chi connectivity index (χ2n) is 7.66. The van der Waals surface area contributed by atoms with E-state index in [0.29, 0.717) is 19.0 Å². The van der Waals surface area contributed by atoms with Crippen molar-refractivity contribution in [1.82, 2.24) is 4.90 Å². The molecule has 1 fully saturated rings. The number of hydrogen-bond donors (Lipinski definition) is 0. The van der Waals surface area contributed by atoms with Crippen molar-refractivity contribution in [2.75, 3.05) is 13.1 Å². The summed E-state index contributed by atoms with van der Waals surface area (Å²) in [6.07, 6.45) is -1.18. The van der Waals surface area contributed by atoms with Crippen molar-refractivity contribution in [2.45, 2.75) is 58.2 Å². The van der Waals surface area contributed by atoms with Crippen molar-refractivity contribution in [3.63, 3.8) is 0 Å². The smallest absolute Gasteiger partial charge is 0.416 e. The Bertz CT molecular complexity index is 576. The number of nitrogens with zero attached hydrogens (tertiary/aromatic N) is 1. The highest BCUT2D eigenvalue weighted by Crippen LogP contribution is 2.30. The van der Waals surface area contributed by atoms with E-state index in [-0.39, 0.29) is 6.09 Å². The maximum Gasteiger partial charge on any atom is 0.416 e. The third kappa shape index (κ3) is 6.25. The van der Waals surface area contributed by atoms with Gasteiger partial charge in [-0.1, -0.05) is 12.1 Å². The van der Waals surface area contributed by atoms with Crippen LogP contribution in [-0.2, 0) is 17.3 Å². The van der Waals surface area contributed by atoms with Crippen molar-refractivity contribution in [1.29, 1.82) is 0 Å². The number of alkyl halides is 3. The van der Waals surface area contributed by atoms with Crippen molar-refractivity contribution in [3.05, 3.63) is 35.4 Å². The minimum absolute atomic E-state index is 0.289. The number of carbonyl (C=O) groups is 1. The summed E-state index contributed by atoms with van der Waals surface area (Å²) in [6, 6.07) is 5.39. The number of hydrogen-bond acceptors (Lipinski definition) is 2. The third-order valence-corrected chi connectivity index (χ3v) is 4.31. The van der Waals surface area contributed by atoms with Crippen molar-refractivity contribution >= 4 is 6.09 Å². The van der Waals surface area contributed by atoms with Gasteiger partial charge in [-0.25, -0.2) is 4.79 Å². The van der Waals surface area contributed by atoms with Crippen LogP contribution in [0, 0.1) is 5.92 Å². The summed E-state index contributed by atoms with van der Waals surface area (Å²) in [5.74, 6) is 0.365. The molecule has 0 N–H and O–H groups in total. The molecule has 25 heavy (non-hydrogen) atoms. The van der Waals surface area contributed by atoms with Gasteiger partial charge in [0.15, 0.2) is 0 Å². The Labute approximate surface area is 147 Å². The van der Waals surface area contributed by atoms with E-state index in [4.69, 9.17) is 4.74 Å². The third-order valence-electron chi connectivity index (χ3n) is 4.31. The lowest BCUT2D eigenvalue weighted by atomic mass is 9.92. The van der Waals surface area contributed by atoms with Crippen LogP contribution in [0.4, 0.5) is 18.0 Å². The number of carbonyl (C=O) groups excluding carboxylic acids is 1. The number of likely N-dealkylation sites (tertiary alicyclic amines) is 1. The predicted octanol–water partition coefficient (Wildman–Crippen LogP) is 5.29. The quantitative estimate of drug-likeness (QED) is 0.720. The number of ether oxygens (including phenoxy) is 1. The number of halogens is 3. The summed E-state index contributed by atoms with van der Waals surface area (Å²) in [5.41, 5.74) is -0.222. The van der Waals surface area contributed by atoms with E-state index in [1.165, 1.54) is 0 Å². The Morgan fingerprint density at radius 2 is 1.76 bits per heavy atom. The Morgan fingerprint density at radius 1 is 1.12 bits per heavy atom. The van der Waals surface area contributed by atoms with Crippen molar-refractivity contribution < 1.29 is 22.7 Å². The maximum absolute atomic E-state index is 12.6. The van der Waals surface area contributed by atoms with Crippen LogP contribution < -0.4 is 0 Å². The van der Waals surface area contributed by atoms with Crippen LogP contribution in [0.5, 0.6) is 0 Å². The average Bonchev–Trinajstić information content (AvgIpc) is 2.71. The first-order chi connectivity index (χ1) is 11.5. The molecule has 3 nitrogen and oxygen atoms in total. The summed E-state index contributed by atoms with van der Waals surface area (Å²) >= 11 is 0. The van der Waals surface area contributed by atoms with Gasteiger partial charge in [-0.15, -0.1) is 0 Å². The van der Waals surface area contributed by atoms with Gasteiger partial charge in [-0.2, -0.15) is 13.2 Å². The van der Waals surface area contributed by atoms with Crippen LogP contribution >= 0.6 is 0 Å². The summed E-state index contributed by atoms with van der Waals surface area (Å²) in [4.78, 5) is 13.9. The molecule has 1 saturated heterocycles. The molecule has 0 aliphatic carbocycles. The summed E-state index contributed by atoms with van der Waals surface area (Å²) in [5, 5.41) is 0. The number of benzene rings is 1. The fraction of sp³-hybridized carbons (Fsp3) is 0.632. The molecule has 0 radical (unpaired) electrons. The van der Waals surface area contributed by atoms with Gasteiger partial charge >= 0.3 is 12.3 Å². The molecule has 1 amide bonds. The molecule has 1 aromatic carbocycles. The van der Waals surface area contributed by atoms with Gasteiger partial charge in [-0.05, 0) is 70.1 Å². The highest BCUT2D eigenvalue weighted by Gasteiger charge is 2.30. The van der Waals surface area contributed by atoms with Gasteiger partial charge in [0.05, 0.1) is 5.56 Å². The zero-order valence-electron chi connectivity index (χ0n) is 15.0. The topological polar surface area (TPSA) is 29.5 Å². The molecule has 1 aromatic rings. The molecular weight excluding hydrogens is 331 g/mol. The van der Waals surface area contributed by atoms with E-state index in [2.05, 4.69) is 0 Å². The zero-order valence-corrected chi connectivity index (χ0v) is 15.0. The molecule has 6 heteroatoms. The molecule has 1 aliphatic heterocycles. The summed E-state index contributed by atoms with van der Waals surface area (Å²) in [7, 11) is 0. The molecule has 0 aromatic heterocycles. The Hall–Kier alpha value is -1.72. The molecule has 1 heterocycles. The highest BCUT2D eigenvalue weighted by molar-refractivity contribution is 5.68. The van der Waals surface area contributed by atoms with E-state index < -0.39 is 17.3 Å². The first-order valence-corrected chi connectivity index (χ1v) is 8.69. The van der Waals surface area contributed by atoms with Crippen molar-refractivity contribution in [2.24, 2.45) is 5.92 Å². The average molecular weight is 357 g/mol. The normalized spacial score (nSPS) is 19.4. The highest BCUT2D eigenvalue weighted by atomic mass is 19.4. The zero-order chi connectivity index (χ0) is 18.7. The van der Waals surface area contributed by atoms with E-state index in [0.717, 1.165) is 43.4 Å². The standard InChI is InChI=1S/C19H26F3NO2/c1-18(2,3)25-17(24)23-11-4-5-14(10-12-23)13-15-6-8-16(9-7-15)19(20,21)22/h6-9,14H,4-5,10-13H2,1-3H3. The van der Waals surface area contributed by atoms with Gasteiger partial charge < -0.3 is 9.64 Å². The molecule has 0 saturated carbocycles.